The Morgan fingerprint density at radius 3 is 2.41 bits per heavy atom. The summed E-state index contributed by atoms with van der Waals surface area (Å²) in [5, 5.41) is 13.8. The number of aromatic nitrogens is 2. The maximum Gasteiger partial charge on any atom is 0.262 e. The van der Waals surface area contributed by atoms with E-state index in [2.05, 4.69) is 20.4 Å². The molecule has 3 aromatic carbocycles. The largest absolute Gasteiger partial charge is 0.484 e. The maximum absolute atomic E-state index is 12.3. The van der Waals surface area contributed by atoms with Crippen LogP contribution in [0.4, 0.5) is 11.5 Å². The number of carbonyl (C=O) groups is 1. The van der Waals surface area contributed by atoms with Crippen molar-refractivity contribution in [1.82, 2.24) is 10.2 Å². The van der Waals surface area contributed by atoms with Crippen LogP contribution < -0.4 is 15.0 Å². The van der Waals surface area contributed by atoms with Crippen LogP contribution in [0, 0.1) is 0 Å². The number of hydrogen-bond donors (Lipinski definition) is 1. The highest BCUT2D eigenvalue weighted by atomic mass is 16.5. The Hall–Kier alpha value is -3.93. The van der Waals surface area contributed by atoms with Gasteiger partial charge in [0.25, 0.3) is 5.91 Å². The third-order valence-corrected chi connectivity index (χ3v) is 5.64. The van der Waals surface area contributed by atoms with Gasteiger partial charge in [-0.3, -0.25) is 4.79 Å². The summed E-state index contributed by atoms with van der Waals surface area (Å²) in [4.78, 5) is 14.6. The molecule has 160 valence electrons. The van der Waals surface area contributed by atoms with Gasteiger partial charge in [0.15, 0.2) is 12.4 Å². The van der Waals surface area contributed by atoms with Crippen LogP contribution in [0.1, 0.15) is 12.8 Å². The third-order valence-electron chi connectivity index (χ3n) is 5.64. The Labute approximate surface area is 186 Å². The smallest absolute Gasteiger partial charge is 0.262 e. The molecule has 32 heavy (non-hydrogen) atoms. The van der Waals surface area contributed by atoms with E-state index >= 15 is 0 Å². The molecule has 1 saturated heterocycles. The molecule has 0 saturated carbocycles. The second-order valence-corrected chi connectivity index (χ2v) is 7.89. The molecule has 6 nitrogen and oxygen atoms in total. The van der Waals surface area contributed by atoms with Crippen LogP contribution >= 0.6 is 0 Å². The van der Waals surface area contributed by atoms with Gasteiger partial charge < -0.3 is 15.0 Å². The predicted octanol–water partition coefficient (Wildman–Crippen LogP) is 4.91. The molecule has 6 heteroatoms. The van der Waals surface area contributed by atoms with E-state index in [0.717, 1.165) is 40.9 Å². The summed E-state index contributed by atoms with van der Waals surface area (Å²) in [5.41, 5.74) is 2.48. The maximum atomic E-state index is 12.3. The van der Waals surface area contributed by atoms with Gasteiger partial charge in [-0.1, -0.05) is 42.5 Å². The molecule has 0 aliphatic carbocycles. The minimum Gasteiger partial charge on any atom is -0.484 e. The van der Waals surface area contributed by atoms with Crippen molar-refractivity contribution < 1.29 is 9.53 Å². The molecule has 0 spiro atoms. The second-order valence-electron chi connectivity index (χ2n) is 7.89. The second kappa shape index (κ2) is 9.06. The molecule has 0 unspecified atom stereocenters. The first-order valence-electron chi connectivity index (χ1n) is 10.9. The number of rotatable bonds is 6. The van der Waals surface area contributed by atoms with E-state index < -0.39 is 0 Å². The quantitative estimate of drug-likeness (QED) is 0.476. The van der Waals surface area contributed by atoms with Gasteiger partial charge in [-0.25, -0.2) is 0 Å². The van der Waals surface area contributed by atoms with Crippen LogP contribution in [0.5, 0.6) is 5.75 Å². The van der Waals surface area contributed by atoms with Crippen LogP contribution in [0.15, 0.2) is 78.9 Å². The lowest BCUT2D eigenvalue weighted by molar-refractivity contribution is -0.118. The van der Waals surface area contributed by atoms with Crippen molar-refractivity contribution in [3.63, 3.8) is 0 Å². The van der Waals surface area contributed by atoms with Gasteiger partial charge in [-0.2, -0.15) is 0 Å². The van der Waals surface area contributed by atoms with E-state index in [-0.39, 0.29) is 12.5 Å². The number of hydrogen-bond acceptors (Lipinski definition) is 5. The van der Waals surface area contributed by atoms with Crippen molar-refractivity contribution in [1.29, 1.82) is 0 Å². The lowest BCUT2D eigenvalue weighted by Gasteiger charge is -2.15. The minimum atomic E-state index is -0.208. The molecule has 0 bridgehead atoms. The van der Waals surface area contributed by atoms with Crippen molar-refractivity contribution in [3.05, 3.63) is 78.9 Å². The van der Waals surface area contributed by atoms with Gasteiger partial charge in [0.05, 0.1) is 5.69 Å². The molecule has 0 radical (unpaired) electrons. The summed E-state index contributed by atoms with van der Waals surface area (Å²) in [5.74, 6) is 1.40. The van der Waals surface area contributed by atoms with Crippen LogP contribution in [-0.2, 0) is 4.79 Å². The Balaban J connectivity index is 1.17. The number of anilines is 2. The molecule has 2 heterocycles. The number of nitrogens with one attached hydrogen (secondary N) is 1. The molecular weight excluding hydrogens is 400 g/mol. The fourth-order valence-electron chi connectivity index (χ4n) is 3.92. The first kappa shape index (κ1) is 20.0. The number of nitrogens with zero attached hydrogens (tertiary/aromatic N) is 3. The van der Waals surface area contributed by atoms with Crippen LogP contribution in [0.2, 0.25) is 0 Å². The lowest BCUT2D eigenvalue weighted by atomic mass is 10.1. The number of benzene rings is 3. The van der Waals surface area contributed by atoms with E-state index in [4.69, 9.17) is 4.74 Å². The lowest BCUT2D eigenvalue weighted by Crippen LogP contribution is -2.20. The number of ether oxygens (including phenoxy) is 1. The fourth-order valence-corrected chi connectivity index (χ4v) is 3.92. The van der Waals surface area contributed by atoms with Crippen molar-refractivity contribution in [2.75, 3.05) is 29.9 Å². The molecule has 1 amide bonds. The standard InChI is InChI=1S/C26H24N4O2/c31-26(18-32-23-12-9-19-5-1-2-6-21(19)17-23)27-22-10-7-20(8-11-22)24-13-14-25(29-28-24)30-15-3-4-16-30/h1-2,5-14,17H,3-4,15-16,18H2,(H,27,31). The predicted molar refractivity (Wildman–Crippen MR) is 127 cm³/mol. The molecule has 4 aromatic rings. The molecule has 1 fully saturated rings. The van der Waals surface area contributed by atoms with Crippen molar-refractivity contribution in [2.45, 2.75) is 12.8 Å². The Kier molecular flexibility index (Phi) is 5.66. The van der Waals surface area contributed by atoms with Gasteiger partial charge in [-0.05, 0) is 60.0 Å². The monoisotopic (exact) mass is 424 g/mol. The summed E-state index contributed by atoms with van der Waals surface area (Å²) in [6.45, 7) is 2.05. The highest BCUT2D eigenvalue weighted by Crippen LogP contribution is 2.23. The summed E-state index contributed by atoms with van der Waals surface area (Å²) in [6.07, 6.45) is 2.42. The highest BCUT2D eigenvalue weighted by Gasteiger charge is 2.14. The van der Waals surface area contributed by atoms with Gasteiger partial charge in [-0.15, -0.1) is 10.2 Å². The number of fused-ring (bicyclic) bond motifs is 1. The van der Waals surface area contributed by atoms with Gasteiger partial charge in [0, 0.05) is 24.3 Å². The van der Waals surface area contributed by atoms with Crippen molar-refractivity contribution >= 4 is 28.2 Å². The molecule has 0 atom stereocenters. The Morgan fingerprint density at radius 1 is 0.875 bits per heavy atom. The molecule has 1 N–H and O–H groups in total. The normalized spacial score (nSPS) is 13.3. The number of carbonyl (C=O) groups excluding carboxylic acids is 1. The third kappa shape index (κ3) is 4.54. The molecule has 1 aliphatic heterocycles. The van der Waals surface area contributed by atoms with Crippen LogP contribution in [0.3, 0.4) is 0 Å². The first-order chi connectivity index (χ1) is 15.7. The highest BCUT2D eigenvalue weighted by molar-refractivity contribution is 5.92. The molecule has 5 rings (SSSR count). The van der Waals surface area contributed by atoms with E-state index in [0.29, 0.717) is 11.4 Å². The summed E-state index contributed by atoms with van der Waals surface area (Å²) < 4.78 is 5.66. The van der Waals surface area contributed by atoms with Crippen molar-refractivity contribution in [3.8, 4) is 17.0 Å². The Morgan fingerprint density at radius 2 is 1.66 bits per heavy atom. The zero-order valence-electron chi connectivity index (χ0n) is 17.7. The SMILES string of the molecule is O=C(COc1ccc2ccccc2c1)Nc1ccc(-c2ccc(N3CCCC3)nn2)cc1. The molecule has 1 aliphatic rings. The zero-order chi connectivity index (χ0) is 21.8. The van der Waals surface area contributed by atoms with E-state index in [1.807, 2.05) is 78.9 Å². The van der Waals surface area contributed by atoms with E-state index in [1.165, 1.54) is 12.8 Å². The summed E-state index contributed by atoms with van der Waals surface area (Å²) in [7, 11) is 0. The summed E-state index contributed by atoms with van der Waals surface area (Å²) >= 11 is 0. The molecule has 1 aromatic heterocycles. The van der Waals surface area contributed by atoms with Crippen molar-refractivity contribution in [2.24, 2.45) is 0 Å². The topological polar surface area (TPSA) is 67.3 Å². The Bertz CT molecular complexity index is 1220. The number of amides is 1. The average Bonchev–Trinajstić information content (AvgIpc) is 3.38. The van der Waals surface area contributed by atoms with Crippen LogP contribution in [0.25, 0.3) is 22.0 Å². The van der Waals surface area contributed by atoms with Gasteiger partial charge in [0.2, 0.25) is 0 Å². The van der Waals surface area contributed by atoms with Gasteiger partial charge in [0.1, 0.15) is 5.75 Å². The zero-order valence-corrected chi connectivity index (χ0v) is 17.7. The first-order valence-corrected chi connectivity index (χ1v) is 10.9. The van der Waals surface area contributed by atoms with Crippen LogP contribution in [-0.4, -0.2) is 35.8 Å². The molecular formula is C26H24N4O2. The summed E-state index contributed by atoms with van der Waals surface area (Å²) in [6, 6.07) is 25.4. The average molecular weight is 425 g/mol. The fraction of sp³-hybridized carbons (Fsp3) is 0.192. The van der Waals surface area contributed by atoms with Gasteiger partial charge >= 0.3 is 0 Å². The minimum absolute atomic E-state index is 0.0521. The van der Waals surface area contributed by atoms with E-state index in [9.17, 15) is 4.79 Å². The van der Waals surface area contributed by atoms with E-state index in [1.54, 1.807) is 0 Å².